The van der Waals surface area contributed by atoms with E-state index in [2.05, 4.69) is 79.9 Å². The number of aliphatic hydroxyl groups excluding tert-OH is 5. The Morgan fingerprint density at radius 2 is 1.11 bits per heavy atom. The SMILES string of the molecule is CC/C=C\C/C=C\C/C=C\C/C=C\C/C=C\C/C=C\CCC(=O)NC(COC1OC(CO)C(O)C(O)C1O)C(O)/C=C/CCCCCCCCCCCCCC. The second-order valence-electron chi connectivity index (χ2n) is 14.8. The van der Waals surface area contributed by atoms with Gasteiger partial charge in [-0.2, -0.15) is 0 Å². The van der Waals surface area contributed by atoms with Gasteiger partial charge >= 0.3 is 0 Å². The van der Waals surface area contributed by atoms with E-state index in [4.69, 9.17) is 9.47 Å². The van der Waals surface area contributed by atoms with Gasteiger partial charge < -0.3 is 40.3 Å². The van der Waals surface area contributed by atoms with Crippen LogP contribution in [-0.2, 0) is 14.3 Å². The van der Waals surface area contributed by atoms with Crippen molar-refractivity contribution in [3.63, 3.8) is 0 Å². The third-order valence-corrected chi connectivity index (χ3v) is 9.74. The van der Waals surface area contributed by atoms with Gasteiger partial charge in [-0.05, 0) is 57.8 Å². The van der Waals surface area contributed by atoms with Crippen molar-refractivity contribution in [1.82, 2.24) is 5.32 Å². The molecular formula is C47H79NO8. The average Bonchev–Trinajstić information content (AvgIpc) is 3.20. The standard InChI is InChI=1S/C47H79NO8/c1-3-5-7-9-11-13-15-17-19-20-21-22-23-25-27-29-31-33-35-37-43(51)48-40(39-55-47-46(54)45(53)44(52)42(38-49)56-47)41(50)36-34-32-30-28-26-24-18-16-14-12-10-8-6-4-2/h5,7,11,13,17,19,21-22,25,27,31,33-34,36,40-42,44-47,49-50,52-54H,3-4,6,8-10,12,14-16,18,20,23-24,26,28-30,32,35,37-39H2,1-2H3,(H,48,51)/b7-5-,13-11-,19-17-,22-21-,27-25-,33-31-,36-34+. The van der Waals surface area contributed by atoms with Crippen LogP contribution in [0.5, 0.6) is 0 Å². The van der Waals surface area contributed by atoms with Crippen molar-refractivity contribution < 1.29 is 39.8 Å². The lowest BCUT2D eigenvalue weighted by Crippen LogP contribution is -2.60. The number of carbonyl (C=O) groups is 1. The Balaban J connectivity index is 2.46. The largest absolute Gasteiger partial charge is 0.394 e. The summed E-state index contributed by atoms with van der Waals surface area (Å²) < 4.78 is 11.2. The Hall–Kier alpha value is -2.63. The van der Waals surface area contributed by atoms with Crippen molar-refractivity contribution in [1.29, 1.82) is 0 Å². The molecule has 1 amide bonds. The molecule has 7 unspecified atom stereocenters. The summed E-state index contributed by atoms with van der Waals surface area (Å²) in [6.07, 6.45) is 43.4. The smallest absolute Gasteiger partial charge is 0.220 e. The minimum atomic E-state index is -1.58. The van der Waals surface area contributed by atoms with Crippen molar-refractivity contribution in [2.24, 2.45) is 0 Å². The Bertz CT molecular complexity index is 1140. The van der Waals surface area contributed by atoms with Crippen LogP contribution in [0.15, 0.2) is 85.1 Å². The number of allylic oxidation sites excluding steroid dienone is 13. The molecule has 1 rings (SSSR count). The van der Waals surface area contributed by atoms with Gasteiger partial charge in [-0.1, -0.05) is 170 Å². The number of unbranched alkanes of at least 4 members (excludes halogenated alkanes) is 12. The van der Waals surface area contributed by atoms with E-state index in [0.29, 0.717) is 6.42 Å². The predicted octanol–water partition coefficient (Wildman–Crippen LogP) is 8.77. The Labute approximate surface area is 340 Å². The first-order chi connectivity index (χ1) is 27.3. The van der Waals surface area contributed by atoms with Gasteiger partial charge in [0.25, 0.3) is 0 Å². The van der Waals surface area contributed by atoms with Crippen LogP contribution in [0.3, 0.4) is 0 Å². The van der Waals surface area contributed by atoms with E-state index < -0.39 is 49.5 Å². The normalized spacial score (nSPS) is 22.0. The number of hydrogen-bond acceptors (Lipinski definition) is 8. The van der Waals surface area contributed by atoms with Crippen molar-refractivity contribution in [3.8, 4) is 0 Å². The summed E-state index contributed by atoms with van der Waals surface area (Å²) in [5.41, 5.74) is 0. The molecule has 320 valence electrons. The fourth-order valence-electron chi connectivity index (χ4n) is 6.24. The number of carbonyl (C=O) groups excluding carboxylic acids is 1. The van der Waals surface area contributed by atoms with Gasteiger partial charge in [-0.15, -0.1) is 0 Å². The molecule has 0 aromatic heterocycles. The van der Waals surface area contributed by atoms with Crippen molar-refractivity contribution in [2.45, 2.75) is 192 Å². The van der Waals surface area contributed by atoms with Gasteiger partial charge in [0.1, 0.15) is 24.4 Å². The van der Waals surface area contributed by atoms with Crippen LogP contribution in [0.2, 0.25) is 0 Å². The molecule has 0 aromatic carbocycles. The average molecular weight is 786 g/mol. The topological polar surface area (TPSA) is 149 Å². The first-order valence-corrected chi connectivity index (χ1v) is 21.8. The zero-order valence-electron chi connectivity index (χ0n) is 34.8. The Morgan fingerprint density at radius 1 is 0.625 bits per heavy atom. The van der Waals surface area contributed by atoms with Crippen molar-refractivity contribution in [3.05, 3.63) is 85.1 Å². The zero-order chi connectivity index (χ0) is 40.9. The summed E-state index contributed by atoms with van der Waals surface area (Å²) >= 11 is 0. The molecule has 9 heteroatoms. The van der Waals surface area contributed by atoms with E-state index in [1.54, 1.807) is 6.08 Å². The van der Waals surface area contributed by atoms with Gasteiger partial charge in [0, 0.05) is 6.42 Å². The molecule has 0 radical (unpaired) electrons. The van der Waals surface area contributed by atoms with E-state index in [-0.39, 0.29) is 18.9 Å². The van der Waals surface area contributed by atoms with E-state index in [1.165, 1.54) is 64.2 Å². The van der Waals surface area contributed by atoms with Gasteiger partial charge in [0.2, 0.25) is 5.91 Å². The first kappa shape index (κ1) is 51.4. The fourth-order valence-corrected chi connectivity index (χ4v) is 6.24. The first-order valence-electron chi connectivity index (χ1n) is 21.8. The molecule has 56 heavy (non-hydrogen) atoms. The van der Waals surface area contributed by atoms with Crippen LogP contribution in [0, 0.1) is 0 Å². The molecule has 1 aliphatic rings. The van der Waals surface area contributed by atoms with Gasteiger partial charge in [0.15, 0.2) is 6.29 Å². The van der Waals surface area contributed by atoms with E-state index in [1.807, 2.05) is 18.2 Å². The molecule has 0 aromatic rings. The summed E-state index contributed by atoms with van der Waals surface area (Å²) in [7, 11) is 0. The summed E-state index contributed by atoms with van der Waals surface area (Å²) in [6.45, 7) is 3.58. The maximum Gasteiger partial charge on any atom is 0.220 e. The molecule has 0 spiro atoms. The lowest BCUT2D eigenvalue weighted by atomic mass is 9.99. The van der Waals surface area contributed by atoms with E-state index in [9.17, 15) is 30.3 Å². The molecule has 0 bridgehead atoms. The number of amides is 1. The molecule has 1 saturated heterocycles. The predicted molar refractivity (Wildman–Crippen MR) is 230 cm³/mol. The lowest BCUT2D eigenvalue weighted by molar-refractivity contribution is -0.302. The molecule has 1 fully saturated rings. The Morgan fingerprint density at radius 3 is 1.61 bits per heavy atom. The third-order valence-electron chi connectivity index (χ3n) is 9.74. The lowest BCUT2D eigenvalue weighted by Gasteiger charge is -2.40. The number of ether oxygens (including phenoxy) is 2. The molecule has 6 N–H and O–H groups in total. The minimum absolute atomic E-state index is 0.216. The second kappa shape index (κ2) is 36.7. The summed E-state index contributed by atoms with van der Waals surface area (Å²) in [6, 6.07) is -0.849. The molecule has 1 aliphatic heterocycles. The monoisotopic (exact) mass is 786 g/mol. The highest BCUT2D eigenvalue weighted by Crippen LogP contribution is 2.22. The number of aliphatic hydroxyl groups is 5. The molecular weight excluding hydrogens is 707 g/mol. The summed E-state index contributed by atoms with van der Waals surface area (Å²) in [5.74, 6) is -0.264. The number of nitrogens with one attached hydrogen (secondary N) is 1. The molecule has 7 atom stereocenters. The highest BCUT2D eigenvalue weighted by Gasteiger charge is 2.44. The molecule has 1 heterocycles. The number of rotatable bonds is 34. The second-order valence-corrected chi connectivity index (χ2v) is 14.8. The van der Waals surface area contributed by atoms with Crippen LogP contribution in [0.25, 0.3) is 0 Å². The van der Waals surface area contributed by atoms with Crippen LogP contribution >= 0.6 is 0 Å². The maximum atomic E-state index is 12.9. The molecule has 9 nitrogen and oxygen atoms in total. The van der Waals surface area contributed by atoms with Crippen LogP contribution in [0.1, 0.15) is 149 Å². The summed E-state index contributed by atoms with van der Waals surface area (Å²) in [5, 5.41) is 54.0. The fraction of sp³-hybridized carbons (Fsp3) is 0.681. The van der Waals surface area contributed by atoms with Gasteiger partial charge in [-0.25, -0.2) is 0 Å². The highest BCUT2D eigenvalue weighted by molar-refractivity contribution is 5.76. The minimum Gasteiger partial charge on any atom is -0.394 e. The zero-order valence-corrected chi connectivity index (χ0v) is 34.8. The van der Waals surface area contributed by atoms with Crippen LogP contribution in [0.4, 0.5) is 0 Å². The molecule has 0 aliphatic carbocycles. The van der Waals surface area contributed by atoms with E-state index in [0.717, 1.165) is 57.8 Å². The van der Waals surface area contributed by atoms with Gasteiger partial charge in [0.05, 0.1) is 25.4 Å². The number of hydrogen-bond donors (Lipinski definition) is 6. The highest BCUT2D eigenvalue weighted by atomic mass is 16.7. The van der Waals surface area contributed by atoms with Crippen LogP contribution in [-0.4, -0.2) is 87.5 Å². The van der Waals surface area contributed by atoms with E-state index >= 15 is 0 Å². The van der Waals surface area contributed by atoms with Crippen LogP contribution < -0.4 is 5.32 Å². The van der Waals surface area contributed by atoms with Crippen molar-refractivity contribution in [2.75, 3.05) is 13.2 Å². The summed E-state index contributed by atoms with van der Waals surface area (Å²) in [4.78, 5) is 12.9. The maximum absolute atomic E-state index is 12.9. The van der Waals surface area contributed by atoms with Gasteiger partial charge in [-0.3, -0.25) is 4.79 Å². The quantitative estimate of drug-likeness (QED) is 0.0280. The molecule has 0 saturated carbocycles. The third kappa shape index (κ3) is 27.1. The Kier molecular flexibility index (Phi) is 33.7. The van der Waals surface area contributed by atoms with Crippen molar-refractivity contribution >= 4 is 5.91 Å².